The fourth-order valence-corrected chi connectivity index (χ4v) is 5.45. The number of benzene rings is 1. The lowest BCUT2D eigenvalue weighted by Crippen LogP contribution is -2.30. The van der Waals surface area contributed by atoms with Gasteiger partial charge in [-0.1, -0.05) is 12.1 Å². The van der Waals surface area contributed by atoms with Gasteiger partial charge in [-0.05, 0) is 64.5 Å². The summed E-state index contributed by atoms with van der Waals surface area (Å²) in [5.74, 6) is 0.0636. The number of nitrogens with one attached hydrogen (secondary N) is 1. The molecule has 1 aliphatic rings. The molecule has 2 heterocycles. The van der Waals surface area contributed by atoms with Gasteiger partial charge in [0.1, 0.15) is 11.3 Å². The minimum absolute atomic E-state index is 0.00486. The number of hydrogen-bond donors (Lipinski definition) is 1. The lowest BCUT2D eigenvalue weighted by molar-refractivity contribution is -0.127. The quantitative estimate of drug-likeness (QED) is 0.379. The van der Waals surface area contributed by atoms with Gasteiger partial charge in [-0.15, -0.1) is 0 Å². The topological polar surface area (TPSA) is 86.1 Å². The van der Waals surface area contributed by atoms with Crippen LogP contribution in [0, 0.1) is 5.92 Å². The normalized spacial score (nSPS) is 15.4. The third kappa shape index (κ3) is 5.85. The second kappa shape index (κ2) is 9.76. The second-order valence-electron chi connectivity index (χ2n) is 8.10. The van der Waals surface area contributed by atoms with E-state index in [9.17, 15) is 21.6 Å². The number of hydrogen-bond acceptors (Lipinski definition) is 5. The fourth-order valence-electron chi connectivity index (χ4n) is 3.73. The number of ether oxygens (including phenoxy) is 1. The molecule has 1 atom stereocenters. The van der Waals surface area contributed by atoms with E-state index in [2.05, 4.69) is 30.7 Å². The summed E-state index contributed by atoms with van der Waals surface area (Å²) in [5, 5.41) is 4.59. The predicted octanol–water partition coefficient (Wildman–Crippen LogP) is 4.85. The summed E-state index contributed by atoms with van der Waals surface area (Å²) < 4.78 is 74.4. The van der Waals surface area contributed by atoms with Crippen molar-refractivity contribution in [2.45, 2.75) is 43.1 Å². The Kier molecular flexibility index (Phi) is 7.13. The van der Waals surface area contributed by atoms with Crippen molar-refractivity contribution in [3.8, 4) is 11.3 Å². The highest BCUT2D eigenvalue weighted by molar-refractivity contribution is 9.10. The Morgan fingerprint density at radius 1 is 1.24 bits per heavy atom. The molecule has 7 nitrogen and oxygen atoms in total. The van der Waals surface area contributed by atoms with Crippen molar-refractivity contribution in [3.05, 3.63) is 64.5 Å². The first-order chi connectivity index (χ1) is 16.1. The second-order valence-corrected chi connectivity index (χ2v) is 10.6. The Morgan fingerprint density at radius 2 is 1.94 bits per heavy atom. The zero-order valence-corrected chi connectivity index (χ0v) is 20.5. The fraction of sp³-hybridized carbons (Fsp3) is 0.364. The Balaban J connectivity index is 1.67. The minimum atomic E-state index is -4.37. The molecule has 0 aliphatic heterocycles. The van der Waals surface area contributed by atoms with Gasteiger partial charge in [0.05, 0.1) is 23.1 Å². The van der Waals surface area contributed by atoms with Crippen LogP contribution in [0.1, 0.15) is 30.0 Å². The third-order valence-corrected chi connectivity index (χ3v) is 7.50. The average Bonchev–Trinajstić information content (AvgIpc) is 3.52. The third-order valence-electron chi connectivity index (χ3n) is 5.41. The minimum Gasteiger partial charge on any atom is -0.362 e. The van der Waals surface area contributed by atoms with Gasteiger partial charge in [0.2, 0.25) is 10.0 Å². The van der Waals surface area contributed by atoms with Gasteiger partial charge in [0.15, 0.2) is 0 Å². The molecule has 1 fully saturated rings. The SMILES string of the molecule is COCn1cc(C(NS(=O)(=O)c2ccc(CC(F)(F)F)cc2)C2CC2)c(-c2cccnc2Br)n1. The molecular formula is C22H22BrF3N4O3S. The maximum Gasteiger partial charge on any atom is 0.393 e. The summed E-state index contributed by atoms with van der Waals surface area (Å²) in [6.45, 7) is 0.176. The Hall–Kier alpha value is -2.28. The van der Waals surface area contributed by atoms with Gasteiger partial charge in [-0.25, -0.2) is 22.8 Å². The summed E-state index contributed by atoms with van der Waals surface area (Å²) in [4.78, 5) is 4.15. The van der Waals surface area contributed by atoms with Gasteiger partial charge in [0, 0.05) is 30.6 Å². The number of methoxy groups -OCH3 is 1. The predicted molar refractivity (Wildman–Crippen MR) is 122 cm³/mol. The lowest BCUT2D eigenvalue weighted by atomic mass is 10.0. The molecule has 1 aromatic carbocycles. The van der Waals surface area contributed by atoms with E-state index < -0.39 is 28.7 Å². The molecule has 1 saturated carbocycles. The molecular weight excluding hydrogens is 537 g/mol. The van der Waals surface area contributed by atoms with Crippen LogP contribution in [0.2, 0.25) is 0 Å². The molecule has 4 rings (SSSR count). The lowest BCUT2D eigenvalue weighted by Gasteiger charge is -2.19. The van der Waals surface area contributed by atoms with Gasteiger partial charge in [0.25, 0.3) is 0 Å². The molecule has 0 spiro atoms. The molecule has 2 aromatic heterocycles. The largest absolute Gasteiger partial charge is 0.393 e. The van der Waals surface area contributed by atoms with Crippen molar-refractivity contribution in [2.75, 3.05) is 7.11 Å². The smallest absolute Gasteiger partial charge is 0.362 e. The highest BCUT2D eigenvalue weighted by atomic mass is 79.9. The Bertz CT molecular complexity index is 1260. The van der Waals surface area contributed by atoms with Crippen molar-refractivity contribution in [2.24, 2.45) is 5.92 Å². The van der Waals surface area contributed by atoms with E-state index in [0.717, 1.165) is 12.8 Å². The average molecular weight is 559 g/mol. The van der Waals surface area contributed by atoms with Crippen molar-refractivity contribution in [1.29, 1.82) is 0 Å². The zero-order chi connectivity index (χ0) is 24.5. The standard InChI is InChI=1S/C22H22BrF3N4O3S/c1-33-13-30-12-18(20(28-30)17-3-2-10-27-21(17)23)19(15-6-7-15)29-34(31,32)16-8-4-14(5-9-16)11-22(24,25)26/h2-5,8-10,12,15,19,29H,6-7,11,13H2,1H3. The molecule has 1 unspecified atom stereocenters. The number of aromatic nitrogens is 3. The summed E-state index contributed by atoms with van der Waals surface area (Å²) in [5.41, 5.74) is 1.94. The molecule has 182 valence electrons. The van der Waals surface area contributed by atoms with E-state index in [-0.39, 0.29) is 23.1 Å². The summed E-state index contributed by atoms with van der Waals surface area (Å²) >= 11 is 3.43. The van der Waals surface area contributed by atoms with E-state index in [1.54, 1.807) is 23.1 Å². The van der Waals surface area contributed by atoms with Gasteiger partial charge in [-0.2, -0.15) is 18.3 Å². The molecule has 0 radical (unpaired) electrons. The molecule has 0 amide bonds. The molecule has 3 aromatic rings. The van der Waals surface area contributed by atoms with Crippen LogP contribution in [0.4, 0.5) is 13.2 Å². The van der Waals surface area contributed by atoms with Crippen LogP contribution < -0.4 is 4.72 Å². The molecule has 12 heteroatoms. The molecule has 1 aliphatic carbocycles. The van der Waals surface area contributed by atoms with Crippen LogP contribution in [-0.4, -0.2) is 36.5 Å². The first-order valence-electron chi connectivity index (χ1n) is 10.4. The van der Waals surface area contributed by atoms with Crippen molar-refractivity contribution in [3.63, 3.8) is 0 Å². The van der Waals surface area contributed by atoms with E-state index in [1.165, 1.54) is 31.4 Å². The van der Waals surface area contributed by atoms with Crippen molar-refractivity contribution in [1.82, 2.24) is 19.5 Å². The van der Waals surface area contributed by atoms with Crippen LogP contribution in [0.3, 0.4) is 0 Å². The number of rotatable bonds is 9. The maximum atomic E-state index is 13.2. The van der Waals surface area contributed by atoms with E-state index in [0.29, 0.717) is 21.4 Å². The summed E-state index contributed by atoms with van der Waals surface area (Å²) in [7, 11) is -2.48. The first kappa shape index (κ1) is 24.8. The maximum absolute atomic E-state index is 13.2. The van der Waals surface area contributed by atoms with Gasteiger partial charge < -0.3 is 4.74 Å². The summed E-state index contributed by atoms with van der Waals surface area (Å²) in [6, 6.07) is 7.77. The van der Waals surface area contributed by atoms with E-state index in [1.807, 2.05) is 6.07 Å². The van der Waals surface area contributed by atoms with Crippen LogP contribution in [0.5, 0.6) is 0 Å². The van der Waals surface area contributed by atoms with E-state index >= 15 is 0 Å². The molecule has 0 bridgehead atoms. The monoisotopic (exact) mass is 558 g/mol. The number of halogens is 4. The van der Waals surface area contributed by atoms with Crippen molar-refractivity contribution < 1.29 is 26.3 Å². The number of sulfonamides is 1. The Labute approximate surface area is 203 Å². The highest BCUT2D eigenvalue weighted by Gasteiger charge is 2.38. The van der Waals surface area contributed by atoms with Gasteiger partial charge >= 0.3 is 6.18 Å². The van der Waals surface area contributed by atoms with Crippen LogP contribution in [-0.2, 0) is 27.9 Å². The Morgan fingerprint density at radius 3 is 2.53 bits per heavy atom. The number of nitrogens with zero attached hydrogens (tertiary/aromatic N) is 3. The molecule has 34 heavy (non-hydrogen) atoms. The first-order valence-corrected chi connectivity index (χ1v) is 12.7. The molecule has 0 saturated heterocycles. The van der Waals surface area contributed by atoms with E-state index in [4.69, 9.17) is 4.74 Å². The van der Waals surface area contributed by atoms with Crippen LogP contribution >= 0.6 is 15.9 Å². The summed E-state index contributed by atoms with van der Waals surface area (Å²) in [6.07, 6.45) is -0.441. The number of pyridine rings is 1. The van der Waals surface area contributed by atoms with Gasteiger partial charge in [-0.3, -0.25) is 0 Å². The van der Waals surface area contributed by atoms with Crippen LogP contribution in [0.25, 0.3) is 11.3 Å². The number of alkyl halides is 3. The van der Waals surface area contributed by atoms with Crippen LogP contribution in [0.15, 0.2) is 58.3 Å². The van der Waals surface area contributed by atoms with Crippen molar-refractivity contribution >= 4 is 26.0 Å². The zero-order valence-electron chi connectivity index (χ0n) is 18.1. The highest BCUT2D eigenvalue weighted by Crippen LogP contribution is 2.45. The molecule has 1 N–H and O–H groups in total.